The summed E-state index contributed by atoms with van der Waals surface area (Å²) in [7, 11) is 0. The second-order valence-corrected chi connectivity index (χ2v) is 5.54. The smallest absolute Gasteiger partial charge is 0.152 e. The topological polar surface area (TPSA) is 60.0 Å². The Hall–Kier alpha value is -1.40. The summed E-state index contributed by atoms with van der Waals surface area (Å²) >= 11 is 3.66. The molecular weight excluding hydrogens is 306 g/mol. The fourth-order valence-corrected chi connectivity index (χ4v) is 3.08. The zero-order valence-corrected chi connectivity index (χ0v) is 12.2. The number of benzene rings is 1. The molecule has 1 aliphatic heterocycles. The zero-order chi connectivity index (χ0) is 13.2. The molecule has 0 atom stereocenters. The fraction of sp³-hybridized carbons (Fsp3) is 0.385. The highest BCUT2D eigenvalue weighted by atomic mass is 79.9. The van der Waals surface area contributed by atoms with Crippen molar-refractivity contribution in [3.8, 4) is 0 Å². The molecule has 5 nitrogen and oxygen atoms in total. The number of hydrogen-bond donors (Lipinski definition) is 1. The van der Waals surface area contributed by atoms with Gasteiger partial charge in [-0.15, -0.1) is 10.2 Å². The molecule has 0 saturated carbocycles. The number of aromatic nitrogens is 3. The maximum absolute atomic E-state index is 5.59. The minimum atomic E-state index is 0.679. The summed E-state index contributed by atoms with van der Waals surface area (Å²) in [6.45, 7) is 3.38. The van der Waals surface area contributed by atoms with E-state index in [4.69, 9.17) is 5.73 Å². The second-order valence-electron chi connectivity index (χ2n) is 4.69. The van der Waals surface area contributed by atoms with Crippen LogP contribution in [0.25, 0.3) is 0 Å². The number of rotatable bonds is 3. The third kappa shape index (κ3) is 2.50. The lowest BCUT2D eigenvalue weighted by Crippen LogP contribution is -2.33. The third-order valence-electron chi connectivity index (χ3n) is 3.42. The van der Waals surface area contributed by atoms with Gasteiger partial charge in [-0.2, -0.15) is 0 Å². The van der Waals surface area contributed by atoms with E-state index in [-0.39, 0.29) is 0 Å². The van der Waals surface area contributed by atoms with Crippen LogP contribution in [0.3, 0.4) is 0 Å². The molecule has 0 unspecified atom stereocenters. The molecule has 2 N–H and O–H groups in total. The number of anilines is 1. The van der Waals surface area contributed by atoms with E-state index in [9.17, 15) is 0 Å². The van der Waals surface area contributed by atoms with Gasteiger partial charge < -0.3 is 15.2 Å². The van der Waals surface area contributed by atoms with Crippen LogP contribution in [-0.2, 0) is 19.5 Å². The van der Waals surface area contributed by atoms with Gasteiger partial charge in [0.2, 0.25) is 0 Å². The predicted molar refractivity (Wildman–Crippen MR) is 78.0 cm³/mol. The SMILES string of the molecule is NCCc1ccc(N2CCn3cnnc3C2)c(Br)c1. The Labute approximate surface area is 120 Å². The molecule has 3 rings (SSSR count). The van der Waals surface area contributed by atoms with Crippen molar-refractivity contribution in [2.45, 2.75) is 19.5 Å². The Kier molecular flexibility index (Phi) is 3.52. The minimum absolute atomic E-state index is 0.679. The molecule has 1 aliphatic rings. The Morgan fingerprint density at radius 2 is 2.21 bits per heavy atom. The lowest BCUT2D eigenvalue weighted by molar-refractivity contribution is 0.559. The van der Waals surface area contributed by atoms with Gasteiger partial charge in [0.25, 0.3) is 0 Å². The lowest BCUT2D eigenvalue weighted by atomic mass is 10.1. The molecule has 0 spiro atoms. The van der Waals surface area contributed by atoms with Crippen molar-refractivity contribution in [3.63, 3.8) is 0 Å². The normalized spacial score (nSPS) is 14.5. The van der Waals surface area contributed by atoms with Gasteiger partial charge in [0.05, 0.1) is 12.2 Å². The quantitative estimate of drug-likeness (QED) is 0.932. The molecule has 1 aromatic carbocycles. The average molecular weight is 322 g/mol. The third-order valence-corrected chi connectivity index (χ3v) is 4.06. The molecule has 0 aliphatic carbocycles. The number of halogens is 1. The Bertz CT molecular complexity index is 580. The van der Waals surface area contributed by atoms with Crippen LogP contribution in [-0.4, -0.2) is 27.9 Å². The van der Waals surface area contributed by atoms with Crippen LogP contribution in [0.1, 0.15) is 11.4 Å². The predicted octanol–water partition coefficient (Wildman–Crippen LogP) is 1.56. The number of fused-ring (bicyclic) bond motifs is 1. The highest BCUT2D eigenvalue weighted by molar-refractivity contribution is 9.10. The molecule has 0 bridgehead atoms. The standard InChI is InChI=1S/C13H16BrN5/c14-11-7-10(3-4-15)1-2-12(11)18-5-6-19-9-16-17-13(19)8-18/h1-2,7,9H,3-6,8,15H2. The number of nitrogens with zero attached hydrogens (tertiary/aromatic N) is 4. The summed E-state index contributed by atoms with van der Waals surface area (Å²) in [5, 5.41) is 8.10. The zero-order valence-electron chi connectivity index (χ0n) is 10.6. The molecule has 19 heavy (non-hydrogen) atoms. The van der Waals surface area contributed by atoms with Crippen molar-refractivity contribution in [1.82, 2.24) is 14.8 Å². The molecule has 0 fully saturated rings. The molecular formula is C13H16BrN5. The average Bonchev–Trinajstić information content (AvgIpc) is 2.86. The van der Waals surface area contributed by atoms with Crippen molar-refractivity contribution >= 4 is 21.6 Å². The van der Waals surface area contributed by atoms with Crippen LogP contribution in [0.15, 0.2) is 29.0 Å². The molecule has 6 heteroatoms. The van der Waals surface area contributed by atoms with Crippen LogP contribution in [0.2, 0.25) is 0 Å². The summed E-state index contributed by atoms with van der Waals surface area (Å²) in [6, 6.07) is 6.45. The maximum atomic E-state index is 5.59. The summed E-state index contributed by atoms with van der Waals surface area (Å²) in [5.41, 5.74) is 8.06. The van der Waals surface area contributed by atoms with E-state index in [2.05, 4.69) is 53.8 Å². The maximum Gasteiger partial charge on any atom is 0.152 e. The first-order valence-electron chi connectivity index (χ1n) is 6.38. The van der Waals surface area contributed by atoms with Crippen molar-refractivity contribution < 1.29 is 0 Å². The summed E-state index contributed by atoms with van der Waals surface area (Å²) in [4.78, 5) is 2.32. The number of nitrogens with two attached hydrogens (primary N) is 1. The summed E-state index contributed by atoms with van der Waals surface area (Å²) < 4.78 is 3.22. The monoisotopic (exact) mass is 321 g/mol. The highest BCUT2D eigenvalue weighted by Gasteiger charge is 2.19. The Morgan fingerprint density at radius 3 is 3.00 bits per heavy atom. The second kappa shape index (κ2) is 5.30. The van der Waals surface area contributed by atoms with E-state index in [0.29, 0.717) is 6.54 Å². The molecule has 0 saturated heterocycles. The molecule has 100 valence electrons. The van der Waals surface area contributed by atoms with E-state index in [1.807, 2.05) is 0 Å². The van der Waals surface area contributed by atoms with Crippen LogP contribution in [0, 0.1) is 0 Å². The molecule has 1 aromatic heterocycles. The Balaban J connectivity index is 1.83. The summed E-state index contributed by atoms with van der Waals surface area (Å²) in [6.07, 6.45) is 2.71. The van der Waals surface area contributed by atoms with Crippen molar-refractivity contribution in [1.29, 1.82) is 0 Å². The van der Waals surface area contributed by atoms with Crippen LogP contribution >= 0.6 is 15.9 Å². The number of hydrogen-bond acceptors (Lipinski definition) is 4. The van der Waals surface area contributed by atoms with E-state index < -0.39 is 0 Å². The Morgan fingerprint density at radius 1 is 1.32 bits per heavy atom. The first-order chi connectivity index (χ1) is 9.28. The fourth-order valence-electron chi connectivity index (χ4n) is 2.40. The van der Waals surface area contributed by atoms with Gasteiger partial charge in [-0.1, -0.05) is 6.07 Å². The van der Waals surface area contributed by atoms with Gasteiger partial charge in [0, 0.05) is 17.6 Å². The van der Waals surface area contributed by atoms with Gasteiger partial charge in [0.1, 0.15) is 6.33 Å². The van der Waals surface area contributed by atoms with Gasteiger partial charge in [-0.25, -0.2) is 0 Å². The van der Waals surface area contributed by atoms with Crippen molar-refractivity contribution in [3.05, 3.63) is 40.4 Å². The van der Waals surface area contributed by atoms with Crippen LogP contribution in [0.4, 0.5) is 5.69 Å². The van der Waals surface area contributed by atoms with Gasteiger partial charge in [-0.05, 0) is 46.6 Å². The summed E-state index contributed by atoms with van der Waals surface area (Å²) in [5.74, 6) is 1.02. The first kappa shape index (κ1) is 12.6. The first-order valence-corrected chi connectivity index (χ1v) is 7.17. The van der Waals surface area contributed by atoms with E-state index in [1.165, 1.54) is 11.3 Å². The molecule has 0 radical (unpaired) electrons. The van der Waals surface area contributed by atoms with Gasteiger partial charge >= 0.3 is 0 Å². The van der Waals surface area contributed by atoms with Crippen LogP contribution < -0.4 is 10.6 Å². The van der Waals surface area contributed by atoms with Gasteiger partial charge in [0.15, 0.2) is 5.82 Å². The molecule has 0 amide bonds. The van der Waals surface area contributed by atoms with E-state index in [0.717, 1.165) is 36.4 Å². The van der Waals surface area contributed by atoms with Crippen LogP contribution in [0.5, 0.6) is 0 Å². The molecule has 2 aromatic rings. The van der Waals surface area contributed by atoms with Gasteiger partial charge in [-0.3, -0.25) is 0 Å². The van der Waals surface area contributed by atoms with E-state index >= 15 is 0 Å². The van der Waals surface area contributed by atoms with E-state index in [1.54, 1.807) is 6.33 Å². The molecule has 2 heterocycles. The highest BCUT2D eigenvalue weighted by Crippen LogP contribution is 2.29. The van der Waals surface area contributed by atoms with Crippen molar-refractivity contribution in [2.75, 3.05) is 18.0 Å². The lowest BCUT2D eigenvalue weighted by Gasteiger charge is -2.30. The van der Waals surface area contributed by atoms with Crippen molar-refractivity contribution in [2.24, 2.45) is 5.73 Å². The largest absolute Gasteiger partial charge is 0.361 e. The minimum Gasteiger partial charge on any atom is -0.361 e.